The normalized spacial score (nSPS) is 40.5. The molecule has 1 heterocycles. The predicted octanol–water partition coefficient (Wildman–Crippen LogP) is 3.24. The van der Waals surface area contributed by atoms with E-state index >= 15 is 0 Å². The molecule has 2 fully saturated rings. The van der Waals surface area contributed by atoms with Crippen LogP contribution in [0, 0.1) is 23.7 Å². The number of carboxylic acid groups (broad SMARTS) is 1. The quantitative estimate of drug-likeness (QED) is 0.850. The number of rotatable bonds is 4. The summed E-state index contributed by atoms with van der Waals surface area (Å²) in [6.07, 6.45) is 5.58. The third-order valence-electron chi connectivity index (χ3n) is 5.42. The third kappa shape index (κ3) is 3.31. The van der Waals surface area contributed by atoms with Crippen LogP contribution >= 0.6 is 0 Å². The fourth-order valence-corrected chi connectivity index (χ4v) is 4.04. The Labute approximate surface area is 117 Å². The molecule has 3 heteroatoms. The van der Waals surface area contributed by atoms with Crippen LogP contribution in [0.2, 0.25) is 0 Å². The molecule has 3 nitrogen and oxygen atoms in total. The summed E-state index contributed by atoms with van der Waals surface area (Å²) in [6, 6.07) is 0.287. The number of hydrogen-bond acceptors (Lipinski definition) is 2. The molecule has 1 N–H and O–H groups in total. The Morgan fingerprint density at radius 2 is 1.84 bits per heavy atom. The largest absolute Gasteiger partial charge is 0.481 e. The Kier molecular flexibility index (Phi) is 4.88. The van der Waals surface area contributed by atoms with Crippen LogP contribution in [0.3, 0.4) is 0 Å². The summed E-state index contributed by atoms with van der Waals surface area (Å²) >= 11 is 0. The van der Waals surface area contributed by atoms with Crippen molar-refractivity contribution in [3.63, 3.8) is 0 Å². The molecule has 0 radical (unpaired) electrons. The first kappa shape index (κ1) is 14.8. The van der Waals surface area contributed by atoms with Gasteiger partial charge in [-0.25, -0.2) is 0 Å². The molecule has 1 saturated heterocycles. The molecule has 1 aliphatic carbocycles. The zero-order chi connectivity index (χ0) is 14.0. The lowest BCUT2D eigenvalue weighted by Crippen LogP contribution is -2.46. The van der Waals surface area contributed by atoms with Gasteiger partial charge in [0.25, 0.3) is 0 Å². The van der Waals surface area contributed by atoms with Crippen molar-refractivity contribution in [2.24, 2.45) is 23.7 Å². The van der Waals surface area contributed by atoms with E-state index in [1.807, 2.05) is 0 Å². The molecule has 5 atom stereocenters. The molecule has 0 aromatic rings. The standard InChI is InChI=1S/C16H29NO2/c1-4-5-13-6-7-14(16(18)19)15(8-13)17-9-11(2)12(3)10-17/h11-15H,4-10H2,1-3H3,(H,18,19). The molecule has 0 aromatic carbocycles. The molecular weight excluding hydrogens is 238 g/mol. The second-order valence-corrected chi connectivity index (χ2v) is 6.89. The second kappa shape index (κ2) is 6.25. The molecular formula is C16H29NO2. The Hall–Kier alpha value is -0.570. The smallest absolute Gasteiger partial charge is 0.308 e. The van der Waals surface area contributed by atoms with Crippen molar-refractivity contribution in [1.29, 1.82) is 0 Å². The van der Waals surface area contributed by atoms with Gasteiger partial charge in [-0.1, -0.05) is 33.6 Å². The van der Waals surface area contributed by atoms with Crippen LogP contribution in [-0.2, 0) is 4.79 Å². The van der Waals surface area contributed by atoms with Crippen molar-refractivity contribution >= 4 is 5.97 Å². The van der Waals surface area contributed by atoms with Gasteiger partial charge >= 0.3 is 5.97 Å². The van der Waals surface area contributed by atoms with Crippen LogP contribution < -0.4 is 0 Å². The van der Waals surface area contributed by atoms with Gasteiger partial charge in [-0.3, -0.25) is 9.69 Å². The lowest BCUT2D eigenvalue weighted by Gasteiger charge is -2.39. The topological polar surface area (TPSA) is 40.5 Å². The van der Waals surface area contributed by atoms with Gasteiger partial charge in [-0.15, -0.1) is 0 Å². The van der Waals surface area contributed by atoms with Crippen LogP contribution in [0.1, 0.15) is 52.9 Å². The molecule has 0 spiro atoms. The molecule has 110 valence electrons. The van der Waals surface area contributed by atoms with Crippen molar-refractivity contribution in [2.75, 3.05) is 13.1 Å². The summed E-state index contributed by atoms with van der Waals surface area (Å²) in [4.78, 5) is 14.0. The van der Waals surface area contributed by atoms with Crippen molar-refractivity contribution < 1.29 is 9.90 Å². The first-order valence-corrected chi connectivity index (χ1v) is 7.99. The van der Waals surface area contributed by atoms with Crippen LogP contribution in [0.5, 0.6) is 0 Å². The number of carboxylic acids is 1. The van der Waals surface area contributed by atoms with Crippen LogP contribution in [0.25, 0.3) is 0 Å². The highest BCUT2D eigenvalue weighted by molar-refractivity contribution is 5.71. The van der Waals surface area contributed by atoms with Gasteiger partial charge in [0.15, 0.2) is 0 Å². The van der Waals surface area contributed by atoms with Gasteiger partial charge in [0, 0.05) is 19.1 Å². The molecule has 2 rings (SSSR count). The lowest BCUT2D eigenvalue weighted by molar-refractivity contribution is -0.146. The number of nitrogens with zero attached hydrogens (tertiary/aromatic N) is 1. The minimum Gasteiger partial charge on any atom is -0.481 e. The van der Waals surface area contributed by atoms with E-state index in [0.717, 1.165) is 38.3 Å². The van der Waals surface area contributed by atoms with E-state index in [9.17, 15) is 9.90 Å². The minimum absolute atomic E-state index is 0.134. The van der Waals surface area contributed by atoms with Crippen LogP contribution in [-0.4, -0.2) is 35.1 Å². The number of likely N-dealkylation sites (tertiary alicyclic amines) is 1. The fourth-order valence-electron chi connectivity index (χ4n) is 4.04. The molecule has 5 unspecified atom stereocenters. The van der Waals surface area contributed by atoms with Gasteiger partial charge in [-0.05, 0) is 37.0 Å². The first-order valence-electron chi connectivity index (χ1n) is 7.99. The van der Waals surface area contributed by atoms with E-state index in [4.69, 9.17) is 0 Å². The summed E-state index contributed by atoms with van der Waals surface area (Å²) in [5.41, 5.74) is 0. The van der Waals surface area contributed by atoms with Crippen LogP contribution in [0.4, 0.5) is 0 Å². The molecule has 2 aliphatic rings. The summed E-state index contributed by atoms with van der Waals surface area (Å²) in [5, 5.41) is 9.49. The van der Waals surface area contributed by atoms with Crippen LogP contribution in [0.15, 0.2) is 0 Å². The average Bonchev–Trinajstić information content (AvgIpc) is 2.69. The van der Waals surface area contributed by atoms with E-state index in [2.05, 4.69) is 25.7 Å². The minimum atomic E-state index is -0.577. The van der Waals surface area contributed by atoms with Gasteiger partial charge in [0.1, 0.15) is 0 Å². The lowest BCUT2D eigenvalue weighted by atomic mass is 9.76. The van der Waals surface area contributed by atoms with E-state index in [0.29, 0.717) is 11.8 Å². The summed E-state index contributed by atoms with van der Waals surface area (Å²) in [6.45, 7) is 9.01. The summed E-state index contributed by atoms with van der Waals surface area (Å²) in [7, 11) is 0. The van der Waals surface area contributed by atoms with Crippen molar-refractivity contribution in [2.45, 2.75) is 58.9 Å². The fraction of sp³-hybridized carbons (Fsp3) is 0.938. The Morgan fingerprint density at radius 3 is 2.37 bits per heavy atom. The van der Waals surface area contributed by atoms with Crippen molar-refractivity contribution in [1.82, 2.24) is 4.90 Å². The van der Waals surface area contributed by atoms with Crippen molar-refractivity contribution in [3.05, 3.63) is 0 Å². The Bertz CT molecular complexity index is 308. The van der Waals surface area contributed by atoms with Gasteiger partial charge in [0.2, 0.25) is 0 Å². The molecule has 0 amide bonds. The Balaban J connectivity index is 2.05. The maximum absolute atomic E-state index is 11.5. The SMILES string of the molecule is CCCC1CCC(C(=O)O)C(N2CC(C)C(C)C2)C1. The van der Waals surface area contributed by atoms with Gasteiger partial charge in [0.05, 0.1) is 5.92 Å². The molecule has 1 aliphatic heterocycles. The molecule has 0 bridgehead atoms. The zero-order valence-electron chi connectivity index (χ0n) is 12.6. The van der Waals surface area contributed by atoms with Gasteiger partial charge in [-0.2, -0.15) is 0 Å². The number of carbonyl (C=O) groups is 1. The Morgan fingerprint density at radius 1 is 1.21 bits per heavy atom. The summed E-state index contributed by atoms with van der Waals surface area (Å²) < 4.78 is 0. The average molecular weight is 267 g/mol. The monoisotopic (exact) mass is 267 g/mol. The van der Waals surface area contributed by atoms with E-state index in [-0.39, 0.29) is 12.0 Å². The van der Waals surface area contributed by atoms with E-state index in [1.54, 1.807) is 0 Å². The molecule has 1 saturated carbocycles. The maximum Gasteiger partial charge on any atom is 0.308 e. The number of aliphatic carboxylic acids is 1. The number of hydrogen-bond donors (Lipinski definition) is 1. The van der Waals surface area contributed by atoms with Gasteiger partial charge < -0.3 is 5.11 Å². The maximum atomic E-state index is 11.5. The highest BCUT2D eigenvalue weighted by Crippen LogP contribution is 2.37. The second-order valence-electron chi connectivity index (χ2n) is 6.89. The van der Waals surface area contributed by atoms with Crippen molar-refractivity contribution in [3.8, 4) is 0 Å². The summed E-state index contributed by atoms with van der Waals surface area (Å²) in [5.74, 6) is 1.46. The van der Waals surface area contributed by atoms with E-state index < -0.39 is 5.97 Å². The first-order chi connectivity index (χ1) is 9.02. The highest BCUT2D eigenvalue weighted by atomic mass is 16.4. The highest BCUT2D eigenvalue weighted by Gasteiger charge is 2.41. The molecule has 19 heavy (non-hydrogen) atoms. The predicted molar refractivity (Wildman–Crippen MR) is 77.1 cm³/mol. The third-order valence-corrected chi connectivity index (χ3v) is 5.42. The molecule has 0 aromatic heterocycles. The van der Waals surface area contributed by atoms with E-state index in [1.165, 1.54) is 12.8 Å². The zero-order valence-corrected chi connectivity index (χ0v) is 12.6.